The first-order valence-electron chi connectivity index (χ1n) is 11.0. The van der Waals surface area contributed by atoms with Crippen molar-refractivity contribution in [3.05, 3.63) is 18.5 Å². The summed E-state index contributed by atoms with van der Waals surface area (Å²) in [5, 5.41) is 3.42. The normalized spacial score (nSPS) is 25.1. The standard InChI is InChI=1S/C21H33N7O/c1-22-20(28-15-17-5-2-3-6-18(17)16-28)25-10-7-19(29)26-11-13-27(14-12-26)21-23-8-4-9-24-21/h4,8-9,17-18H,2-3,5-7,10-16H2,1H3,(H,22,25). The van der Waals surface area contributed by atoms with E-state index in [4.69, 9.17) is 0 Å². The van der Waals surface area contributed by atoms with E-state index < -0.39 is 0 Å². The molecule has 0 radical (unpaired) electrons. The Kier molecular flexibility index (Phi) is 6.46. The van der Waals surface area contributed by atoms with Gasteiger partial charge in [-0.3, -0.25) is 9.79 Å². The van der Waals surface area contributed by atoms with Crippen LogP contribution in [0.3, 0.4) is 0 Å². The van der Waals surface area contributed by atoms with Gasteiger partial charge < -0.3 is 20.0 Å². The lowest BCUT2D eigenvalue weighted by Crippen LogP contribution is -2.50. The minimum absolute atomic E-state index is 0.205. The number of aliphatic imine (C=N–C) groups is 1. The Morgan fingerprint density at radius 3 is 2.34 bits per heavy atom. The summed E-state index contributed by atoms with van der Waals surface area (Å²) in [6, 6.07) is 1.82. The molecule has 3 aliphatic rings. The van der Waals surface area contributed by atoms with Crippen LogP contribution in [0.1, 0.15) is 32.1 Å². The molecular weight excluding hydrogens is 366 g/mol. The highest BCUT2D eigenvalue weighted by Crippen LogP contribution is 2.35. The summed E-state index contributed by atoms with van der Waals surface area (Å²) in [4.78, 5) is 32.2. The highest BCUT2D eigenvalue weighted by Gasteiger charge is 2.35. The number of hydrogen-bond acceptors (Lipinski definition) is 5. The van der Waals surface area contributed by atoms with Crippen molar-refractivity contribution in [3.8, 4) is 0 Å². The molecule has 4 rings (SSSR count). The van der Waals surface area contributed by atoms with E-state index >= 15 is 0 Å². The molecule has 8 nitrogen and oxygen atoms in total. The van der Waals surface area contributed by atoms with Gasteiger partial charge >= 0.3 is 0 Å². The number of likely N-dealkylation sites (tertiary alicyclic amines) is 1. The quantitative estimate of drug-likeness (QED) is 0.606. The number of carbonyl (C=O) groups is 1. The zero-order valence-electron chi connectivity index (χ0n) is 17.5. The molecule has 8 heteroatoms. The Morgan fingerprint density at radius 1 is 1.07 bits per heavy atom. The van der Waals surface area contributed by atoms with Crippen molar-refractivity contribution in [2.24, 2.45) is 16.8 Å². The van der Waals surface area contributed by atoms with Crippen LogP contribution in [-0.4, -0.2) is 84.5 Å². The number of anilines is 1. The van der Waals surface area contributed by atoms with E-state index in [-0.39, 0.29) is 5.91 Å². The summed E-state index contributed by atoms with van der Waals surface area (Å²) >= 11 is 0. The summed E-state index contributed by atoms with van der Waals surface area (Å²) in [5.74, 6) is 3.56. The van der Waals surface area contributed by atoms with Gasteiger partial charge in [0.25, 0.3) is 0 Å². The number of aromatic nitrogens is 2. The van der Waals surface area contributed by atoms with Crippen LogP contribution in [-0.2, 0) is 4.79 Å². The molecule has 1 N–H and O–H groups in total. The van der Waals surface area contributed by atoms with Crippen molar-refractivity contribution < 1.29 is 4.79 Å². The third kappa shape index (κ3) is 4.79. The smallest absolute Gasteiger partial charge is 0.225 e. The van der Waals surface area contributed by atoms with E-state index in [0.717, 1.165) is 63.0 Å². The van der Waals surface area contributed by atoms with E-state index in [0.29, 0.717) is 13.0 Å². The van der Waals surface area contributed by atoms with Gasteiger partial charge in [0, 0.05) is 71.7 Å². The molecule has 2 saturated heterocycles. The second-order valence-corrected chi connectivity index (χ2v) is 8.35. The van der Waals surface area contributed by atoms with Crippen molar-refractivity contribution >= 4 is 17.8 Å². The van der Waals surface area contributed by atoms with E-state index in [9.17, 15) is 4.79 Å². The molecule has 158 valence electrons. The fraction of sp³-hybridized carbons (Fsp3) is 0.714. The maximum absolute atomic E-state index is 12.6. The Balaban J connectivity index is 1.19. The van der Waals surface area contributed by atoms with E-state index in [1.165, 1.54) is 25.7 Å². The first kappa shape index (κ1) is 19.9. The van der Waals surface area contributed by atoms with Crippen LogP contribution in [0.2, 0.25) is 0 Å². The van der Waals surface area contributed by atoms with Gasteiger partial charge in [-0.15, -0.1) is 0 Å². The monoisotopic (exact) mass is 399 g/mol. The predicted octanol–water partition coefficient (Wildman–Crippen LogP) is 1.21. The zero-order chi connectivity index (χ0) is 20.1. The van der Waals surface area contributed by atoms with Gasteiger partial charge in [-0.25, -0.2) is 9.97 Å². The molecule has 1 aliphatic carbocycles. The summed E-state index contributed by atoms with van der Waals surface area (Å²) in [5.41, 5.74) is 0. The number of hydrogen-bond donors (Lipinski definition) is 1. The fourth-order valence-electron chi connectivity index (χ4n) is 4.96. The van der Waals surface area contributed by atoms with E-state index in [2.05, 4.69) is 30.1 Å². The van der Waals surface area contributed by atoms with Crippen LogP contribution in [0, 0.1) is 11.8 Å². The maximum Gasteiger partial charge on any atom is 0.225 e. The molecular formula is C21H33N7O. The van der Waals surface area contributed by atoms with Crippen molar-refractivity contribution in [3.63, 3.8) is 0 Å². The first-order valence-corrected chi connectivity index (χ1v) is 11.0. The number of nitrogens with zero attached hydrogens (tertiary/aromatic N) is 6. The van der Waals surface area contributed by atoms with Crippen LogP contribution in [0.25, 0.3) is 0 Å². The number of piperazine rings is 1. The average Bonchev–Trinajstić information content (AvgIpc) is 3.21. The summed E-state index contributed by atoms with van der Waals surface area (Å²) in [6.07, 6.45) is 9.48. The fourth-order valence-corrected chi connectivity index (χ4v) is 4.96. The molecule has 2 aliphatic heterocycles. The molecule has 1 saturated carbocycles. The number of fused-ring (bicyclic) bond motifs is 1. The average molecular weight is 400 g/mol. The van der Waals surface area contributed by atoms with Crippen LogP contribution in [0.15, 0.2) is 23.5 Å². The van der Waals surface area contributed by atoms with Crippen LogP contribution in [0.4, 0.5) is 5.95 Å². The Labute approximate surface area is 173 Å². The Hall–Kier alpha value is -2.38. The van der Waals surface area contributed by atoms with Crippen LogP contribution in [0.5, 0.6) is 0 Å². The van der Waals surface area contributed by atoms with Gasteiger partial charge in [-0.2, -0.15) is 0 Å². The topological polar surface area (TPSA) is 77.0 Å². The summed E-state index contributed by atoms with van der Waals surface area (Å²) in [7, 11) is 1.84. The van der Waals surface area contributed by atoms with E-state index in [1.54, 1.807) is 12.4 Å². The van der Waals surface area contributed by atoms with Gasteiger partial charge in [0.05, 0.1) is 0 Å². The highest BCUT2D eigenvalue weighted by atomic mass is 16.2. The van der Waals surface area contributed by atoms with Crippen LogP contribution < -0.4 is 10.2 Å². The van der Waals surface area contributed by atoms with Gasteiger partial charge in [-0.05, 0) is 30.7 Å². The molecule has 3 fully saturated rings. The minimum atomic E-state index is 0.205. The van der Waals surface area contributed by atoms with E-state index in [1.807, 2.05) is 18.0 Å². The number of rotatable bonds is 4. The largest absolute Gasteiger partial charge is 0.356 e. The van der Waals surface area contributed by atoms with Gasteiger partial charge in [-0.1, -0.05) is 12.8 Å². The first-order chi connectivity index (χ1) is 14.2. The zero-order valence-corrected chi connectivity index (χ0v) is 17.5. The Bertz CT molecular complexity index is 688. The second kappa shape index (κ2) is 9.41. The van der Waals surface area contributed by atoms with Gasteiger partial charge in [0.2, 0.25) is 11.9 Å². The third-order valence-corrected chi connectivity index (χ3v) is 6.58. The number of guanidine groups is 1. The predicted molar refractivity (Wildman–Crippen MR) is 114 cm³/mol. The lowest BCUT2D eigenvalue weighted by atomic mass is 9.82. The molecule has 1 aromatic rings. The molecule has 0 spiro atoms. The second-order valence-electron chi connectivity index (χ2n) is 8.35. The minimum Gasteiger partial charge on any atom is -0.356 e. The molecule has 1 amide bonds. The third-order valence-electron chi connectivity index (χ3n) is 6.58. The number of carbonyl (C=O) groups excluding carboxylic acids is 1. The summed E-state index contributed by atoms with van der Waals surface area (Å²) < 4.78 is 0. The summed E-state index contributed by atoms with van der Waals surface area (Å²) in [6.45, 7) is 5.87. The van der Waals surface area contributed by atoms with Crippen molar-refractivity contribution in [1.82, 2.24) is 25.1 Å². The molecule has 3 heterocycles. The van der Waals surface area contributed by atoms with Crippen LogP contribution >= 0.6 is 0 Å². The molecule has 29 heavy (non-hydrogen) atoms. The lowest BCUT2D eigenvalue weighted by molar-refractivity contribution is -0.131. The van der Waals surface area contributed by atoms with Gasteiger partial charge in [0.15, 0.2) is 5.96 Å². The lowest BCUT2D eigenvalue weighted by Gasteiger charge is -2.34. The Morgan fingerprint density at radius 2 is 1.72 bits per heavy atom. The van der Waals surface area contributed by atoms with Crippen molar-refractivity contribution in [2.45, 2.75) is 32.1 Å². The molecule has 2 unspecified atom stereocenters. The number of nitrogens with one attached hydrogen (secondary N) is 1. The molecule has 2 atom stereocenters. The van der Waals surface area contributed by atoms with Crippen molar-refractivity contribution in [1.29, 1.82) is 0 Å². The van der Waals surface area contributed by atoms with Gasteiger partial charge in [0.1, 0.15) is 0 Å². The maximum atomic E-state index is 12.6. The molecule has 0 bridgehead atoms. The SMILES string of the molecule is CN=C(NCCC(=O)N1CCN(c2ncccn2)CC1)N1CC2CCCCC2C1. The van der Waals surface area contributed by atoms with Crippen molar-refractivity contribution in [2.75, 3.05) is 57.8 Å². The number of amides is 1. The molecule has 0 aromatic carbocycles. The highest BCUT2D eigenvalue weighted by molar-refractivity contribution is 5.81. The molecule has 1 aromatic heterocycles.